The molecule has 2 atom stereocenters. The molecule has 1 heterocycles. The van der Waals surface area contributed by atoms with Crippen molar-refractivity contribution in [2.24, 2.45) is 0 Å². The summed E-state index contributed by atoms with van der Waals surface area (Å²) in [6.07, 6.45) is -1.05. The fourth-order valence-corrected chi connectivity index (χ4v) is 1.70. The van der Waals surface area contributed by atoms with Gasteiger partial charge in [0, 0.05) is 6.20 Å². The Morgan fingerprint density at radius 1 is 0.885 bits per heavy atom. The van der Waals surface area contributed by atoms with Gasteiger partial charge in [0.25, 0.3) is 0 Å². The van der Waals surface area contributed by atoms with E-state index >= 15 is 0 Å². The van der Waals surface area contributed by atoms with Crippen molar-refractivity contribution < 1.29 is 38.1 Å². The summed E-state index contributed by atoms with van der Waals surface area (Å²) in [6, 6.07) is 2.53. The molecular weight excluding hydrogens is 346 g/mol. The molecule has 9 heteroatoms. The van der Waals surface area contributed by atoms with Gasteiger partial charge in [0.1, 0.15) is 5.69 Å². The molecule has 1 rings (SSSR count). The number of ether oxygens (including phenoxy) is 4. The lowest BCUT2D eigenvalue weighted by Crippen LogP contribution is -2.27. The van der Waals surface area contributed by atoms with Crippen LogP contribution in [-0.2, 0) is 28.5 Å². The van der Waals surface area contributed by atoms with E-state index in [0.29, 0.717) is 0 Å². The van der Waals surface area contributed by atoms with Crippen molar-refractivity contribution in [3.8, 4) is 0 Å². The minimum Gasteiger partial charge on any atom is -0.463 e. The van der Waals surface area contributed by atoms with Crippen LogP contribution in [0.3, 0.4) is 0 Å². The Hall–Kier alpha value is -2.97. The number of carbonyl (C=O) groups excluding carboxylic acids is 4. The number of hydrogen-bond donors (Lipinski definition) is 0. The molecule has 142 valence electrons. The Balaban J connectivity index is 2.67. The van der Waals surface area contributed by atoms with Gasteiger partial charge < -0.3 is 18.9 Å². The minimum atomic E-state index is -1.08. The molecule has 1 aromatic rings. The summed E-state index contributed by atoms with van der Waals surface area (Å²) in [5.74, 6) is -2.97. The number of nitrogens with zero attached hydrogens (tertiary/aromatic N) is 1. The molecule has 0 radical (unpaired) electrons. The second-order valence-electron chi connectivity index (χ2n) is 5.03. The van der Waals surface area contributed by atoms with Crippen molar-refractivity contribution >= 4 is 23.9 Å². The lowest BCUT2D eigenvalue weighted by atomic mass is 10.2. The number of aromatic nitrogens is 1. The molecule has 0 unspecified atom stereocenters. The molecule has 0 bridgehead atoms. The summed E-state index contributed by atoms with van der Waals surface area (Å²) in [6.45, 7) is 6.36. The van der Waals surface area contributed by atoms with Crippen molar-refractivity contribution in [2.75, 3.05) is 13.2 Å². The van der Waals surface area contributed by atoms with Gasteiger partial charge in [-0.05, 0) is 39.8 Å². The second-order valence-corrected chi connectivity index (χ2v) is 5.03. The third-order valence-electron chi connectivity index (χ3n) is 3.01. The van der Waals surface area contributed by atoms with E-state index in [2.05, 4.69) is 4.98 Å². The van der Waals surface area contributed by atoms with Crippen molar-refractivity contribution in [1.82, 2.24) is 4.98 Å². The van der Waals surface area contributed by atoms with E-state index in [1.807, 2.05) is 0 Å². The first-order valence-corrected chi connectivity index (χ1v) is 8.01. The SMILES string of the molecule is CCOC(=O)[C@@H](C)OC(=O)c1ccc(C(=O)O[C@H](C)C(=O)OCC)nc1. The second kappa shape index (κ2) is 10.1. The maximum atomic E-state index is 11.9. The van der Waals surface area contributed by atoms with Crippen molar-refractivity contribution in [1.29, 1.82) is 0 Å². The first-order valence-electron chi connectivity index (χ1n) is 8.01. The molecule has 0 N–H and O–H groups in total. The van der Waals surface area contributed by atoms with Gasteiger partial charge in [-0.25, -0.2) is 24.2 Å². The van der Waals surface area contributed by atoms with E-state index in [1.54, 1.807) is 13.8 Å². The summed E-state index contributed by atoms with van der Waals surface area (Å²) in [4.78, 5) is 50.5. The van der Waals surface area contributed by atoms with Crippen LogP contribution in [0.25, 0.3) is 0 Å². The van der Waals surface area contributed by atoms with Crippen molar-refractivity contribution in [3.63, 3.8) is 0 Å². The molecule has 0 spiro atoms. The minimum absolute atomic E-state index is 0.0381. The highest BCUT2D eigenvalue weighted by Gasteiger charge is 2.22. The molecule has 0 saturated carbocycles. The van der Waals surface area contributed by atoms with Crippen LogP contribution in [0.5, 0.6) is 0 Å². The quantitative estimate of drug-likeness (QED) is 0.495. The molecular formula is C17H21NO8. The lowest BCUT2D eigenvalue weighted by molar-refractivity contribution is -0.153. The number of esters is 4. The van der Waals surface area contributed by atoms with Crippen LogP contribution < -0.4 is 0 Å². The Labute approximate surface area is 150 Å². The zero-order valence-corrected chi connectivity index (χ0v) is 15.0. The van der Waals surface area contributed by atoms with E-state index in [-0.39, 0.29) is 24.5 Å². The Morgan fingerprint density at radius 2 is 1.38 bits per heavy atom. The Bertz CT molecular complexity index is 598. The van der Waals surface area contributed by atoms with Gasteiger partial charge in [0.2, 0.25) is 0 Å². The van der Waals surface area contributed by atoms with Gasteiger partial charge in [0.05, 0.1) is 18.8 Å². The van der Waals surface area contributed by atoms with E-state index in [4.69, 9.17) is 18.9 Å². The Morgan fingerprint density at radius 3 is 1.81 bits per heavy atom. The molecule has 0 aliphatic heterocycles. The molecule has 9 nitrogen and oxygen atoms in total. The summed E-state index contributed by atoms with van der Waals surface area (Å²) < 4.78 is 19.3. The van der Waals surface area contributed by atoms with Gasteiger partial charge in [0.15, 0.2) is 12.2 Å². The highest BCUT2D eigenvalue weighted by atomic mass is 16.6. The maximum absolute atomic E-state index is 11.9. The number of rotatable bonds is 8. The van der Waals surface area contributed by atoms with Gasteiger partial charge in [-0.1, -0.05) is 0 Å². The number of pyridine rings is 1. The molecule has 0 amide bonds. The summed E-state index contributed by atoms with van der Waals surface area (Å²) in [7, 11) is 0. The van der Waals surface area contributed by atoms with Crippen LogP contribution in [0.2, 0.25) is 0 Å². The third-order valence-corrected chi connectivity index (χ3v) is 3.01. The maximum Gasteiger partial charge on any atom is 0.357 e. The average molecular weight is 367 g/mol. The van der Waals surface area contributed by atoms with E-state index in [0.717, 1.165) is 6.20 Å². The van der Waals surface area contributed by atoms with Gasteiger partial charge in [-0.2, -0.15) is 0 Å². The van der Waals surface area contributed by atoms with Gasteiger partial charge in [-0.15, -0.1) is 0 Å². The molecule has 0 aromatic carbocycles. The van der Waals surface area contributed by atoms with Crippen LogP contribution in [-0.4, -0.2) is 54.3 Å². The first kappa shape index (κ1) is 21.1. The Kier molecular flexibility index (Phi) is 8.20. The highest BCUT2D eigenvalue weighted by Crippen LogP contribution is 2.08. The molecule has 1 aromatic heterocycles. The van der Waals surface area contributed by atoms with Gasteiger partial charge >= 0.3 is 23.9 Å². The van der Waals surface area contributed by atoms with Crippen LogP contribution in [0.1, 0.15) is 48.5 Å². The summed E-state index contributed by atoms with van der Waals surface area (Å²) in [5.41, 5.74) is -0.0627. The predicted octanol–water partition coefficient (Wildman–Crippen LogP) is 1.30. The third kappa shape index (κ3) is 6.15. The highest BCUT2D eigenvalue weighted by molar-refractivity contribution is 5.93. The predicted molar refractivity (Wildman–Crippen MR) is 87.3 cm³/mol. The fraction of sp³-hybridized carbons (Fsp3) is 0.471. The largest absolute Gasteiger partial charge is 0.463 e. The summed E-state index contributed by atoms with van der Waals surface area (Å²) in [5, 5.41) is 0. The smallest absolute Gasteiger partial charge is 0.357 e. The van der Waals surface area contributed by atoms with Gasteiger partial charge in [-0.3, -0.25) is 0 Å². The van der Waals surface area contributed by atoms with E-state index < -0.39 is 36.1 Å². The zero-order chi connectivity index (χ0) is 19.7. The van der Waals surface area contributed by atoms with Crippen LogP contribution in [0.15, 0.2) is 18.3 Å². The fourth-order valence-electron chi connectivity index (χ4n) is 1.70. The van der Waals surface area contributed by atoms with E-state index in [9.17, 15) is 19.2 Å². The summed E-state index contributed by atoms with van der Waals surface area (Å²) >= 11 is 0. The number of hydrogen-bond acceptors (Lipinski definition) is 9. The molecule has 26 heavy (non-hydrogen) atoms. The van der Waals surface area contributed by atoms with E-state index in [1.165, 1.54) is 26.0 Å². The first-order chi connectivity index (χ1) is 12.3. The normalized spacial score (nSPS) is 12.5. The molecule has 0 aliphatic rings. The zero-order valence-electron chi connectivity index (χ0n) is 15.0. The van der Waals surface area contributed by atoms with Crippen LogP contribution in [0, 0.1) is 0 Å². The molecule has 0 saturated heterocycles. The monoisotopic (exact) mass is 367 g/mol. The lowest BCUT2D eigenvalue weighted by Gasteiger charge is -2.12. The van der Waals surface area contributed by atoms with Crippen LogP contribution in [0.4, 0.5) is 0 Å². The number of carbonyl (C=O) groups is 4. The van der Waals surface area contributed by atoms with Crippen LogP contribution >= 0.6 is 0 Å². The molecule has 0 aliphatic carbocycles. The standard InChI is InChI=1S/C17H21NO8/c1-5-23-14(19)10(3)25-16(21)12-7-8-13(18-9-12)17(22)26-11(4)15(20)24-6-2/h7-11H,5-6H2,1-4H3/t10-,11-/m1/s1. The van der Waals surface area contributed by atoms with Crippen molar-refractivity contribution in [3.05, 3.63) is 29.6 Å². The van der Waals surface area contributed by atoms with Crippen molar-refractivity contribution in [2.45, 2.75) is 39.9 Å². The topological polar surface area (TPSA) is 118 Å². The molecule has 0 fully saturated rings. The average Bonchev–Trinajstić information content (AvgIpc) is 2.62.